The first-order valence-corrected chi connectivity index (χ1v) is 3.92. The number of hydrogen-bond acceptors (Lipinski definition) is 3. The van der Waals surface area contributed by atoms with Gasteiger partial charge in [0.15, 0.2) is 6.61 Å². The quantitative estimate of drug-likeness (QED) is 0.435. The maximum absolute atomic E-state index is 10.7. The van der Waals surface area contributed by atoms with Crippen molar-refractivity contribution >= 4 is 5.97 Å². The summed E-state index contributed by atoms with van der Waals surface area (Å²) >= 11 is 0. The molecule has 0 spiro atoms. The predicted octanol–water partition coefficient (Wildman–Crippen LogP) is 1.53. The van der Waals surface area contributed by atoms with Crippen molar-refractivity contribution < 1.29 is 14.3 Å². The molecule has 0 aromatic rings. The zero-order chi connectivity index (χ0) is 8.53. The third-order valence-electron chi connectivity index (χ3n) is 0.950. The lowest BCUT2D eigenvalue weighted by Gasteiger charge is -2.01. The van der Waals surface area contributed by atoms with E-state index in [1.165, 1.54) is 0 Å². The molecule has 0 saturated carbocycles. The molecule has 0 rings (SSSR count). The van der Waals surface area contributed by atoms with Crippen LogP contribution in [0.3, 0.4) is 0 Å². The van der Waals surface area contributed by atoms with Crippen molar-refractivity contribution in [1.29, 1.82) is 0 Å². The van der Waals surface area contributed by atoms with Crippen LogP contribution in [0.2, 0.25) is 0 Å². The molecule has 0 atom stereocenters. The zero-order valence-corrected chi connectivity index (χ0v) is 7.13. The second kappa shape index (κ2) is 7.54. The van der Waals surface area contributed by atoms with Crippen LogP contribution < -0.4 is 0 Å². The first kappa shape index (κ1) is 10.4. The molecule has 0 aromatic carbocycles. The van der Waals surface area contributed by atoms with Crippen LogP contribution in [0.5, 0.6) is 0 Å². The highest BCUT2D eigenvalue weighted by Gasteiger charge is 2.01. The van der Waals surface area contributed by atoms with Crippen molar-refractivity contribution in [1.82, 2.24) is 0 Å². The van der Waals surface area contributed by atoms with Crippen molar-refractivity contribution in [3.63, 3.8) is 0 Å². The lowest BCUT2D eigenvalue weighted by Crippen LogP contribution is -2.08. The van der Waals surface area contributed by atoms with Crippen LogP contribution >= 0.6 is 0 Å². The van der Waals surface area contributed by atoms with Crippen molar-refractivity contribution in [3.8, 4) is 0 Å². The molecule has 0 aliphatic rings. The average molecular weight is 159 g/mol. The molecule has 0 saturated heterocycles. The topological polar surface area (TPSA) is 35.5 Å². The van der Waals surface area contributed by atoms with Crippen LogP contribution in [0, 0.1) is 6.61 Å². The van der Waals surface area contributed by atoms with E-state index in [4.69, 9.17) is 9.47 Å². The molecule has 1 radical (unpaired) electrons. The Labute approximate surface area is 67.7 Å². The van der Waals surface area contributed by atoms with Crippen LogP contribution in [0.1, 0.15) is 26.7 Å². The minimum absolute atomic E-state index is 0.389. The summed E-state index contributed by atoms with van der Waals surface area (Å²) in [4.78, 5) is 10.7. The summed E-state index contributed by atoms with van der Waals surface area (Å²) in [7, 11) is 0. The molecule has 3 heteroatoms. The summed E-state index contributed by atoms with van der Waals surface area (Å²) < 4.78 is 9.56. The second-order valence-electron chi connectivity index (χ2n) is 2.16. The van der Waals surface area contributed by atoms with E-state index in [1.54, 1.807) is 0 Å². The molecule has 0 unspecified atom stereocenters. The highest BCUT2D eigenvalue weighted by Crippen LogP contribution is 1.90. The molecule has 0 bridgehead atoms. The maximum Gasteiger partial charge on any atom is 0.338 e. The van der Waals surface area contributed by atoms with Gasteiger partial charge in [-0.2, -0.15) is 0 Å². The molecule has 0 fully saturated rings. The van der Waals surface area contributed by atoms with E-state index in [-0.39, 0.29) is 5.97 Å². The Kier molecular flexibility index (Phi) is 7.15. The third-order valence-corrected chi connectivity index (χ3v) is 0.950. The number of rotatable bonds is 6. The fraction of sp³-hybridized carbons (Fsp3) is 0.750. The molecule has 0 N–H and O–H groups in total. The van der Waals surface area contributed by atoms with E-state index in [0.717, 1.165) is 19.4 Å². The summed E-state index contributed by atoms with van der Waals surface area (Å²) in [6.45, 7) is 6.08. The van der Waals surface area contributed by atoms with Crippen molar-refractivity contribution in [2.45, 2.75) is 26.7 Å². The van der Waals surface area contributed by atoms with Gasteiger partial charge in [-0.05, 0) is 12.8 Å². The van der Waals surface area contributed by atoms with Gasteiger partial charge in [0.25, 0.3) is 0 Å². The van der Waals surface area contributed by atoms with Crippen LogP contribution in [0.25, 0.3) is 0 Å². The van der Waals surface area contributed by atoms with E-state index < -0.39 is 0 Å². The summed E-state index contributed by atoms with van der Waals surface area (Å²) in [6.07, 6.45) is 1.74. The van der Waals surface area contributed by atoms with E-state index in [0.29, 0.717) is 13.2 Å². The summed E-state index contributed by atoms with van der Waals surface area (Å²) in [5, 5.41) is 0. The van der Waals surface area contributed by atoms with Crippen molar-refractivity contribution in [3.05, 3.63) is 6.61 Å². The van der Waals surface area contributed by atoms with Gasteiger partial charge in [-0.3, -0.25) is 0 Å². The minimum Gasteiger partial charge on any atom is -0.464 e. The Morgan fingerprint density at radius 3 is 2.45 bits per heavy atom. The highest BCUT2D eigenvalue weighted by molar-refractivity contribution is 5.76. The fourth-order valence-corrected chi connectivity index (χ4v) is 0.481. The Morgan fingerprint density at radius 1 is 1.27 bits per heavy atom. The number of esters is 1. The van der Waals surface area contributed by atoms with Crippen molar-refractivity contribution in [2.75, 3.05) is 13.2 Å². The Balaban J connectivity index is 3.09. The van der Waals surface area contributed by atoms with Gasteiger partial charge in [-0.25, -0.2) is 4.79 Å². The van der Waals surface area contributed by atoms with E-state index >= 15 is 0 Å². The monoisotopic (exact) mass is 159 g/mol. The fourth-order valence-electron chi connectivity index (χ4n) is 0.481. The van der Waals surface area contributed by atoms with Gasteiger partial charge in [-0.1, -0.05) is 13.8 Å². The van der Waals surface area contributed by atoms with Gasteiger partial charge in [0.1, 0.15) is 0 Å². The van der Waals surface area contributed by atoms with Crippen LogP contribution in [-0.2, 0) is 14.3 Å². The molecular formula is C8H15O3. The Hall–Kier alpha value is -0.570. The molecule has 11 heavy (non-hydrogen) atoms. The van der Waals surface area contributed by atoms with Crippen molar-refractivity contribution in [2.24, 2.45) is 0 Å². The zero-order valence-electron chi connectivity index (χ0n) is 7.13. The summed E-state index contributed by atoms with van der Waals surface area (Å²) in [6, 6.07) is 0. The SMILES string of the molecule is CCCO[CH]C(=O)OCCC. The Morgan fingerprint density at radius 2 is 1.91 bits per heavy atom. The number of ether oxygens (including phenoxy) is 2. The van der Waals surface area contributed by atoms with Gasteiger partial charge in [0.2, 0.25) is 0 Å². The smallest absolute Gasteiger partial charge is 0.338 e. The molecule has 0 aromatic heterocycles. The van der Waals surface area contributed by atoms with E-state index in [2.05, 4.69) is 0 Å². The normalized spacial score (nSPS) is 9.64. The summed E-state index contributed by atoms with van der Waals surface area (Å²) in [5.74, 6) is -0.389. The van der Waals surface area contributed by atoms with Gasteiger partial charge >= 0.3 is 5.97 Å². The summed E-state index contributed by atoms with van der Waals surface area (Å²) in [5.41, 5.74) is 0. The van der Waals surface area contributed by atoms with Gasteiger partial charge in [0, 0.05) is 6.61 Å². The van der Waals surface area contributed by atoms with Gasteiger partial charge < -0.3 is 9.47 Å². The molecule has 0 aliphatic heterocycles. The minimum atomic E-state index is -0.389. The second-order valence-corrected chi connectivity index (χ2v) is 2.16. The Bertz CT molecular complexity index is 102. The molecule has 3 nitrogen and oxygen atoms in total. The first-order chi connectivity index (χ1) is 5.31. The van der Waals surface area contributed by atoms with E-state index in [9.17, 15) is 4.79 Å². The lowest BCUT2D eigenvalue weighted by atomic mass is 10.5. The van der Waals surface area contributed by atoms with Crippen LogP contribution in [0.15, 0.2) is 0 Å². The molecular weight excluding hydrogens is 144 g/mol. The van der Waals surface area contributed by atoms with Crippen LogP contribution in [-0.4, -0.2) is 19.2 Å². The number of carbonyl (C=O) groups excluding carboxylic acids is 1. The standard InChI is InChI=1S/C8H15O3/c1-3-5-10-7-8(9)11-6-4-2/h7H,3-6H2,1-2H3. The van der Waals surface area contributed by atoms with E-state index in [1.807, 2.05) is 13.8 Å². The lowest BCUT2D eigenvalue weighted by molar-refractivity contribution is -0.144. The first-order valence-electron chi connectivity index (χ1n) is 3.92. The molecule has 0 aliphatic carbocycles. The van der Waals surface area contributed by atoms with Gasteiger partial charge in [-0.15, -0.1) is 0 Å². The maximum atomic E-state index is 10.7. The molecule has 0 amide bonds. The predicted molar refractivity (Wildman–Crippen MR) is 41.8 cm³/mol. The van der Waals surface area contributed by atoms with Crippen LogP contribution in [0.4, 0.5) is 0 Å². The molecule has 0 heterocycles. The highest BCUT2D eigenvalue weighted by atomic mass is 16.6. The largest absolute Gasteiger partial charge is 0.464 e. The average Bonchev–Trinajstić information content (AvgIpc) is 2.01. The third kappa shape index (κ3) is 7.33. The number of hydrogen-bond donors (Lipinski definition) is 0. The molecule has 65 valence electrons. The number of carbonyl (C=O) groups is 1. The van der Waals surface area contributed by atoms with Gasteiger partial charge in [0.05, 0.1) is 6.61 Å².